The van der Waals surface area contributed by atoms with Gasteiger partial charge in [-0.05, 0) is 45.4 Å². The van der Waals surface area contributed by atoms with Crippen LogP contribution in [0.15, 0.2) is 24.5 Å². The Labute approximate surface area is 238 Å². The lowest BCUT2D eigenvalue weighted by atomic mass is 10.0. The van der Waals surface area contributed by atoms with Crippen LogP contribution in [0, 0.1) is 10.1 Å². The molecule has 0 amide bonds. The van der Waals surface area contributed by atoms with Gasteiger partial charge in [0.1, 0.15) is 24.2 Å². The maximum Gasteiger partial charge on any atom is 0.298 e. The second kappa shape index (κ2) is 13.4. The summed E-state index contributed by atoms with van der Waals surface area (Å²) in [5.74, 6) is 0.332. The molecule has 0 saturated heterocycles. The Morgan fingerprint density at radius 3 is 1.77 bits per heavy atom. The lowest BCUT2D eigenvalue weighted by molar-refractivity contribution is -0.385. The molecule has 1 aliphatic heterocycles. The van der Waals surface area contributed by atoms with Crippen molar-refractivity contribution >= 4 is 28.1 Å². The number of aromatic nitrogens is 1. The summed E-state index contributed by atoms with van der Waals surface area (Å²) in [6.45, 7) is 26.5. The summed E-state index contributed by atoms with van der Waals surface area (Å²) >= 11 is 0. The van der Waals surface area contributed by atoms with E-state index in [1.54, 1.807) is 6.07 Å². The highest BCUT2D eigenvalue weighted by Crippen LogP contribution is 2.48. The maximum absolute atomic E-state index is 11.9. The molecule has 2 heterocycles. The highest BCUT2D eigenvalue weighted by molar-refractivity contribution is 6.78. The van der Waals surface area contributed by atoms with Crippen LogP contribution in [0.3, 0.4) is 0 Å². The minimum atomic E-state index is -2.41. The van der Waals surface area contributed by atoms with E-state index in [4.69, 9.17) is 13.6 Å². The van der Waals surface area contributed by atoms with Gasteiger partial charge in [-0.1, -0.05) is 83.1 Å². The third kappa shape index (κ3) is 6.50. The van der Waals surface area contributed by atoms with E-state index in [1.165, 1.54) is 12.4 Å². The molecule has 0 aromatic carbocycles. The van der Waals surface area contributed by atoms with Gasteiger partial charge in [-0.2, -0.15) is 0 Å². The van der Waals surface area contributed by atoms with Gasteiger partial charge in [-0.15, -0.1) is 0 Å². The SMILES string of the molecule is CC(C)[Si](OC1C=C(c2ccncc2[N+](=O)[O-])OC(CO)C1O[Si](C(C)C)(C(C)C)C(C)C)(C(C)C)C(C)C. The van der Waals surface area contributed by atoms with Gasteiger partial charge >= 0.3 is 0 Å². The number of aliphatic hydroxyl groups is 1. The van der Waals surface area contributed by atoms with Gasteiger partial charge in [-0.3, -0.25) is 15.1 Å². The molecule has 1 N–H and O–H groups in total. The van der Waals surface area contributed by atoms with Crippen molar-refractivity contribution in [3.63, 3.8) is 0 Å². The van der Waals surface area contributed by atoms with Crippen LogP contribution in [0.2, 0.25) is 33.2 Å². The fourth-order valence-electron chi connectivity index (χ4n) is 7.29. The molecule has 222 valence electrons. The highest BCUT2D eigenvalue weighted by atomic mass is 28.4. The number of hydrogen-bond acceptors (Lipinski definition) is 7. The molecule has 39 heavy (non-hydrogen) atoms. The van der Waals surface area contributed by atoms with Crippen molar-refractivity contribution in [2.45, 2.75) is 135 Å². The first kappa shape index (κ1) is 33.6. The predicted molar refractivity (Wildman–Crippen MR) is 163 cm³/mol. The molecule has 0 saturated carbocycles. The van der Waals surface area contributed by atoms with Crippen molar-refractivity contribution in [1.29, 1.82) is 0 Å². The summed E-state index contributed by atoms with van der Waals surface area (Å²) in [5, 5.41) is 22.5. The van der Waals surface area contributed by atoms with Gasteiger partial charge in [0.2, 0.25) is 16.6 Å². The third-order valence-electron chi connectivity index (χ3n) is 8.82. The van der Waals surface area contributed by atoms with E-state index < -0.39 is 39.9 Å². The van der Waals surface area contributed by atoms with E-state index in [0.29, 0.717) is 44.6 Å². The number of aliphatic hydroxyl groups excluding tert-OH is 1. The maximum atomic E-state index is 11.9. The predicted octanol–water partition coefficient (Wildman–Crippen LogP) is 7.84. The average Bonchev–Trinajstić information content (AvgIpc) is 2.84. The first-order chi connectivity index (χ1) is 18.1. The van der Waals surface area contributed by atoms with Crippen molar-refractivity contribution < 1.29 is 23.6 Å². The molecule has 0 radical (unpaired) electrons. The number of ether oxygens (including phenoxy) is 1. The van der Waals surface area contributed by atoms with E-state index in [1.807, 2.05) is 6.08 Å². The summed E-state index contributed by atoms with van der Waals surface area (Å²) in [6.07, 6.45) is 2.82. The van der Waals surface area contributed by atoms with Gasteiger partial charge in [0, 0.05) is 6.20 Å². The first-order valence-electron chi connectivity index (χ1n) is 14.5. The van der Waals surface area contributed by atoms with Crippen LogP contribution < -0.4 is 0 Å². The zero-order valence-electron chi connectivity index (χ0n) is 26.1. The van der Waals surface area contributed by atoms with Crippen molar-refractivity contribution in [2.75, 3.05) is 6.61 Å². The Hall–Kier alpha value is -1.60. The van der Waals surface area contributed by atoms with Crippen molar-refractivity contribution in [3.05, 3.63) is 40.2 Å². The Bertz CT molecular complexity index is 952. The smallest absolute Gasteiger partial charge is 0.298 e. The molecule has 1 aromatic heterocycles. The summed E-state index contributed by atoms with van der Waals surface area (Å²) in [6, 6.07) is 1.59. The van der Waals surface area contributed by atoms with Gasteiger partial charge in [-0.25, -0.2) is 0 Å². The number of nitrogens with zero attached hydrogens (tertiary/aromatic N) is 2. The number of hydrogen-bond donors (Lipinski definition) is 1. The largest absolute Gasteiger partial charge is 0.485 e. The van der Waals surface area contributed by atoms with Crippen LogP contribution in [0.4, 0.5) is 5.69 Å². The molecule has 1 aromatic rings. The zero-order chi connectivity index (χ0) is 29.9. The Kier molecular flexibility index (Phi) is 11.5. The minimum absolute atomic E-state index is 0.145. The minimum Gasteiger partial charge on any atom is -0.485 e. The Morgan fingerprint density at radius 1 is 0.897 bits per heavy atom. The van der Waals surface area contributed by atoms with E-state index in [9.17, 15) is 15.2 Å². The molecule has 2 rings (SSSR count). The van der Waals surface area contributed by atoms with Gasteiger partial charge in [0.25, 0.3) is 5.69 Å². The molecular weight excluding hydrogens is 528 g/mol. The van der Waals surface area contributed by atoms with E-state index in [-0.39, 0.29) is 12.3 Å². The summed E-state index contributed by atoms with van der Waals surface area (Å²) in [4.78, 5) is 15.4. The third-order valence-corrected chi connectivity index (χ3v) is 21.0. The van der Waals surface area contributed by atoms with Crippen LogP contribution in [-0.2, 0) is 13.6 Å². The molecular formula is C29H52N2O6Si2. The fourth-order valence-corrected chi connectivity index (χ4v) is 18.4. The molecule has 0 aliphatic carbocycles. The van der Waals surface area contributed by atoms with Crippen LogP contribution in [0.1, 0.15) is 88.6 Å². The number of nitro groups is 1. The van der Waals surface area contributed by atoms with Crippen molar-refractivity contribution in [2.24, 2.45) is 0 Å². The van der Waals surface area contributed by atoms with Crippen molar-refractivity contribution in [1.82, 2.24) is 4.98 Å². The molecule has 10 heteroatoms. The van der Waals surface area contributed by atoms with Crippen LogP contribution in [0.5, 0.6) is 0 Å². The Morgan fingerprint density at radius 2 is 1.36 bits per heavy atom. The molecule has 1 aliphatic rings. The first-order valence-corrected chi connectivity index (χ1v) is 18.8. The van der Waals surface area contributed by atoms with Crippen LogP contribution in [-0.4, -0.2) is 56.6 Å². The van der Waals surface area contributed by atoms with E-state index in [2.05, 4.69) is 88.1 Å². The fraction of sp³-hybridized carbons (Fsp3) is 0.759. The number of pyridine rings is 1. The van der Waals surface area contributed by atoms with Crippen LogP contribution in [0.25, 0.3) is 5.76 Å². The van der Waals surface area contributed by atoms with Gasteiger partial charge in [0.05, 0.1) is 23.2 Å². The average molecular weight is 581 g/mol. The number of rotatable bonds is 13. The zero-order valence-corrected chi connectivity index (χ0v) is 28.1. The summed E-state index contributed by atoms with van der Waals surface area (Å²) < 4.78 is 21.0. The normalized spacial score (nSPS) is 20.9. The molecule has 0 bridgehead atoms. The Balaban J connectivity index is 2.82. The molecule has 3 unspecified atom stereocenters. The van der Waals surface area contributed by atoms with E-state index >= 15 is 0 Å². The quantitative estimate of drug-likeness (QED) is 0.144. The van der Waals surface area contributed by atoms with E-state index in [0.717, 1.165) is 0 Å². The van der Waals surface area contributed by atoms with Crippen LogP contribution >= 0.6 is 0 Å². The summed E-state index contributed by atoms with van der Waals surface area (Å²) in [7, 11) is -4.82. The second-order valence-corrected chi connectivity index (χ2v) is 23.6. The van der Waals surface area contributed by atoms with Crippen molar-refractivity contribution in [3.8, 4) is 0 Å². The standard InChI is InChI=1S/C29H52N2O6Si2/c1-18(2)38(19(3)4,20(5)6)36-27-15-26(24-13-14-30-16-25(24)31(33)34)35-28(17-32)29(27)37-39(21(7)8,22(9)10)23(11)12/h13-16,18-23,27-29,32H,17H2,1-12H3. The molecule has 3 atom stereocenters. The molecule has 8 nitrogen and oxygen atoms in total. The second-order valence-electron chi connectivity index (χ2n) is 12.8. The van der Waals surface area contributed by atoms with Gasteiger partial charge < -0.3 is 18.7 Å². The molecule has 0 spiro atoms. The lowest BCUT2D eigenvalue weighted by Crippen LogP contribution is -2.60. The highest BCUT2D eigenvalue weighted by Gasteiger charge is 2.54. The topological polar surface area (TPSA) is 104 Å². The monoisotopic (exact) mass is 580 g/mol. The van der Waals surface area contributed by atoms with Gasteiger partial charge in [0.15, 0.2) is 0 Å². The lowest BCUT2D eigenvalue weighted by Gasteiger charge is -2.51. The molecule has 0 fully saturated rings. The summed E-state index contributed by atoms with van der Waals surface area (Å²) in [5.41, 5.74) is 2.12.